The summed E-state index contributed by atoms with van der Waals surface area (Å²) in [4.78, 5) is 23.8. The first kappa shape index (κ1) is 23.4. The Morgan fingerprint density at radius 3 is 2.41 bits per heavy atom. The normalized spacial score (nSPS) is 11.5. The summed E-state index contributed by atoms with van der Waals surface area (Å²) in [5, 5.41) is 15.1. The zero-order valence-electron chi connectivity index (χ0n) is 17.3. The van der Waals surface area contributed by atoms with Crippen molar-refractivity contribution in [2.75, 3.05) is 19.5 Å². The third kappa shape index (κ3) is 5.49. The lowest BCUT2D eigenvalue weighted by atomic mass is 9.97. The predicted octanol–water partition coefficient (Wildman–Crippen LogP) is 6.35. The van der Waals surface area contributed by atoms with Gasteiger partial charge in [0, 0.05) is 29.8 Å². The van der Waals surface area contributed by atoms with Gasteiger partial charge in [0.05, 0.1) is 35.2 Å². The maximum absolute atomic E-state index is 13.1. The zero-order chi connectivity index (χ0) is 23.3. The van der Waals surface area contributed by atoms with Gasteiger partial charge in [-0.15, -0.1) is 0 Å². The molecule has 0 amide bonds. The van der Waals surface area contributed by atoms with Crippen molar-refractivity contribution in [3.05, 3.63) is 92.0 Å². The van der Waals surface area contributed by atoms with Gasteiger partial charge in [-0.2, -0.15) is 0 Å². The van der Waals surface area contributed by atoms with E-state index in [1.807, 2.05) is 0 Å². The van der Waals surface area contributed by atoms with E-state index in [0.29, 0.717) is 38.4 Å². The van der Waals surface area contributed by atoms with E-state index < -0.39 is 11.0 Å². The Hall–Kier alpha value is -3.29. The number of anilines is 1. The first-order valence-electron chi connectivity index (χ1n) is 9.53. The van der Waals surface area contributed by atoms with Crippen molar-refractivity contribution in [3.8, 4) is 11.5 Å². The van der Waals surface area contributed by atoms with E-state index in [1.165, 1.54) is 26.4 Å². The fraction of sp³-hybridized carbons (Fsp3) is 0.174. The van der Waals surface area contributed by atoms with Crippen LogP contribution in [0.3, 0.4) is 0 Å². The number of nitrogens with one attached hydrogen (secondary N) is 1. The monoisotopic (exact) mass is 474 g/mol. The predicted molar refractivity (Wildman–Crippen MR) is 124 cm³/mol. The van der Waals surface area contributed by atoms with Crippen LogP contribution in [0.15, 0.2) is 60.7 Å². The Balaban J connectivity index is 1.93. The Morgan fingerprint density at radius 1 is 1.00 bits per heavy atom. The highest BCUT2D eigenvalue weighted by Gasteiger charge is 2.20. The molecule has 3 aromatic carbocycles. The smallest absolute Gasteiger partial charge is 0.271 e. The van der Waals surface area contributed by atoms with Crippen molar-refractivity contribution in [2.45, 2.75) is 12.5 Å². The number of benzene rings is 3. The molecule has 1 atom stereocenters. The van der Waals surface area contributed by atoms with Gasteiger partial charge in [-0.3, -0.25) is 14.9 Å². The minimum atomic E-state index is -0.521. The van der Waals surface area contributed by atoms with Gasteiger partial charge in [0.1, 0.15) is 0 Å². The highest BCUT2D eigenvalue weighted by Crippen LogP contribution is 2.32. The molecule has 3 aromatic rings. The van der Waals surface area contributed by atoms with E-state index in [1.54, 1.807) is 48.5 Å². The number of hydrogen-bond acceptors (Lipinski definition) is 6. The summed E-state index contributed by atoms with van der Waals surface area (Å²) < 4.78 is 10.5. The van der Waals surface area contributed by atoms with Crippen LogP contribution in [0.4, 0.5) is 11.4 Å². The number of ketones is 1. The lowest BCUT2D eigenvalue weighted by Crippen LogP contribution is -2.16. The zero-order valence-corrected chi connectivity index (χ0v) is 18.8. The minimum absolute atomic E-state index is 0.0517. The maximum Gasteiger partial charge on any atom is 0.271 e. The second-order valence-electron chi connectivity index (χ2n) is 6.87. The standard InChI is InChI=1S/C23H20Cl2N2O5/c1-31-22-9-7-15(11-23(22)32-2)21(28)13-20(14-6-8-18(24)19(25)10-14)26-16-4-3-5-17(12-16)27(29)30/h3-12,20,26H,13H2,1-2H3. The van der Waals surface area contributed by atoms with E-state index in [9.17, 15) is 14.9 Å². The van der Waals surface area contributed by atoms with Crippen LogP contribution in [-0.4, -0.2) is 24.9 Å². The number of non-ortho nitro benzene ring substituents is 1. The molecule has 0 saturated heterocycles. The quantitative estimate of drug-likeness (QED) is 0.221. The molecule has 0 fully saturated rings. The lowest BCUT2D eigenvalue weighted by Gasteiger charge is -2.21. The van der Waals surface area contributed by atoms with Gasteiger partial charge in [-0.05, 0) is 42.0 Å². The summed E-state index contributed by atoms with van der Waals surface area (Å²) in [5.41, 5.74) is 1.58. The summed E-state index contributed by atoms with van der Waals surface area (Å²) in [6.07, 6.45) is 0.0517. The SMILES string of the molecule is COc1ccc(C(=O)CC(Nc2cccc([N+](=O)[O-])c2)c2ccc(Cl)c(Cl)c2)cc1OC. The number of ether oxygens (including phenoxy) is 2. The van der Waals surface area contributed by atoms with Crippen molar-refractivity contribution in [3.63, 3.8) is 0 Å². The van der Waals surface area contributed by atoms with E-state index in [2.05, 4.69) is 5.32 Å². The highest BCUT2D eigenvalue weighted by molar-refractivity contribution is 6.42. The number of halogens is 2. The van der Waals surface area contributed by atoms with Crippen LogP contribution in [0.1, 0.15) is 28.4 Å². The molecule has 1 N–H and O–H groups in total. The average molecular weight is 475 g/mol. The summed E-state index contributed by atoms with van der Waals surface area (Å²) in [7, 11) is 3.01. The van der Waals surface area contributed by atoms with Crippen LogP contribution in [0, 0.1) is 10.1 Å². The van der Waals surface area contributed by atoms with Gasteiger partial charge in [0.15, 0.2) is 17.3 Å². The third-order valence-electron chi connectivity index (χ3n) is 4.84. The first-order valence-corrected chi connectivity index (χ1v) is 10.3. The Bertz CT molecular complexity index is 1150. The number of methoxy groups -OCH3 is 2. The number of carbonyl (C=O) groups is 1. The fourth-order valence-electron chi connectivity index (χ4n) is 3.20. The number of nitrogens with zero attached hydrogens (tertiary/aromatic N) is 1. The van der Waals surface area contributed by atoms with Gasteiger partial charge >= 0.3 is 0 Å². The van der Waals surface area contributed by atoms with Crippen molar-refractivity contribution in [1.29, 1.82) is 0 Å². The van der Waals surface area contributed by atoms with Crippen LogP contribution in [0.2, 0.25) is 10.0 Å². The van der Waals surface area contributed by atoms with E-state index in [0.717, 1.165) is 0 Å². The van der Waals surface area contributed by atoms with Gasteiger partial charge in [0.2, 0.25) is 0 Å². The number of nitro groups is 1. The van der Waals surface area contributed by atoms with Crippen molar-refractivity contribution in [1.82, 2.24) is 0 Å². The van der Waals surface area contributed by atoms with Crippen molar-refractivity contribution in [2.24, 2.45) is 0 Å². The molecular weight excluding hydrogens is 455 g/mol. The van der Waals surface area contributed by atoms with E-state index in [-0.39, 0.29) is 17.9 Å². The number of hydrogen-bond donors (Lipinski definition) is 1. The number of nitro benzene ring substituents is 1. The minimum Gasteiger partial charge on any atom is -0.493 e. The summed E-state index contributed by atoms with van der Waals surface area (Å²) in [6.45, 7) is 0. The van der Waals surface area contributed by atoms with Crippen LogP contribution in [-0.2, 0) is 0 Å². The maximum atomic E-state index is 13.1. The molecule has 0 bridgehead atoms. The summed E-state index contributed by atoms with van der Waals surface area (Å²) >= 11 is 12.2. The summed E-state index contributed by atoms with van der Waals surface area (Å²) in [5.74, 6) is 0.788. The molecule has 7 nitrogen and oxygen atoms in total. The van der Waals surface area contributed by atoms with Gasteiger partial charge in [-0.1, -0.05) is 35.3 Å². The molecule has 0 aliphatic heterocycles. The largest absolute Gasteiger partial charge is 0.493 e. The molecule has 0 saturated carbocycles. The van der Waals surface area contributed by atoms with Crippen LogP contribution >= 0.6 is 23.2 Å². The molecular formula is C23H20Cl2N2O5. The van der Waals surface area contributed by atoms with E-state index >= 15 is 0 Å². The van der Waals surface area contributed by atoms with Crippen LogP contribution in [0.5, 0.6) is 11.5 Å². The Labute approximate surface area is 195 Å². The lowest BCUT2D eigenvalue weighted by molar-refractivity contribution is -0.384. The molecule has 0 heterocycles. The molecule has 0 aliphatic carbocycles. The fourth-order valence-corrected chi connectivity index (χ4v) is 3.51. The molecule has 9 heteroatoms. The van der Waals surface area contributed by atoms with Crippen LogP contribution < -0.4 is 14.8 Å². The molecule has 0 aromatic heterocycles. The molecule has 166 valence electrons. The molecule has 0 aliphatic rings. The van der Waals surface area contributed by atoms with Gasteiger partial charge in [0.25, 0.3) is 5.69 Å². The van der Waals surface area contributed by atoms with Crippen molar-refractivity contribution < 1.29 is 19.2 Å². The first-order chi connectivity index (χ1) is 15.3. The molecule has 0 spiro atoms. The van der Waals surface area contributed by atoms with Gasteiger partial charge < -0.3 is 14.8 Å². The average Bonchev–Trinajstić information content (AvgIpc) is 2.80. The van der Waals surface area contributed by atoms with Crippen LogP contribution in [0.25, 0.3) is 0 Å². The van der Waals surface area contributed by atoms with Gasteiger partial charge in [-0.25, -0.2) is 0 Å². The number of rotatable bonds is 9. The molecule has 32 heavy (non-hydrogen) atoms. The molecule has 3 rings (SSSR count). The Morgan fingerprint density at radius 2 is 1.75 bits per heavy atom. The highest BCUT2D eigenvalue weighted by atomic mass is 35.5. The number of Topliss-reactive ketones (excluding diaryl/α,β-unsaturated/α-hetero) is 1. The molecule has 0 radical (unpaired) electrons. The second kappa shape index (κ2) is 10.3. The Kier molecular flexibility index (Phi) is 7.56. The second-order valence-corrected chi connectivity index (χ2v) is 7.69. The van der Waals surface area contributed by atoms with Crippen molar-refractivity contribution >= 4 is 40.4 Å². The number of carbonyl (C=O) groups excluding carboxylic acids is 1. The topological polar surface area (TPSA) is 90.7 Å². The van der Waals surface area contributed by atoms with E-state index in [4.69, 9.17) is 32.7 Å². The molecule has 1 unspecified atom stereocenters. The summed E-state index contributed by atoms with van der Waals surface area (Å²) in [6, 6.07) is 15.5. The third-order valence-corrected chi connectivity index (χ3v) is 5.58.